The van der Waals surface area contributed by atoms with Gasteiger partial charge in [-0.1, -0.05) is 25.8 Å². The third kappa shape index (κ3) is 5.40. The number of hydrogen-bond acceptors (Lipinski definition) is 3. The summed E-state index contributed by atoms with van der Waals surface area (Å²) in [5.41, 5.74) is 2.84. The molecule has 0 radical (unpaired) electrons. The molecule has 1 aromatic rings. The van der Waals surface area contributed by atoms with Gasteiger partial charge in [0, 0.05) is 17.5 Å². The van der Waals surface area contributed by atoms with E-state index < -0.39 is 6.10 Å². The lowest BCUT2D eigenvalue weighted by molar-refractivity contribution is -0.127. The Bertz CT molecular complexity index is 569. The van der Waals surface area contributed by atoms with Crippen molar-refractivity contribution in [2.45, 2.75) is 76.1 Å². The Kier molecular flexibility index (Phi) is 7.09. The van der Waals surface area contributed by atoms with E-state index in [9.17, 15) is 4.79 Å². The van der Waals surface area contributed by atoms with Crippen LogP contribution in [0.4, 0.5) is 0 Å². The van der Waals surface area contributed by atoms with E-state index in [1.54, 1.807) is 0 Å². The van der Waals surface area contributed by atoms with E-state index in [1.165, 1.54) is 56.1 Å². The molecule has 0 aromatic heterocycles. The summed E-state index contributed by atoms with van der Waals surface area (Å²) >= 11 is 2.01. The van der Waals surface area contributed by atoms with E-state index in [-0.39, 0.29) is 5.91 Å². The largest absolute Gasteiger partial charge is 0.481 e. The molecule has 0 unspecified atom stereocenters. The topological polar surface area (TPSA) is 38.3 Å². The number of hydrogen-bond donors (Lipinski definition) is 1. The maximum atomic E-state index is 12.4. The quantitative estimate of drug-likeness (QED) is 0.692. The van der Waals surface area contributed by atoms with Crippen LogP contribution in [-0.2, 0) is 17.6 Å². The molecule has 1 N–H and O–H groups in total. The zero-order chi connectivity index (χ0) is 17.5. The highest BCUT2D eigenvalue weighted by molar-refractivity contribution is 7.99. The van der Waals surface area contributed by atoms with Crippen molar-refractivity contribution in [3.63, 3.8) is 0 Å². The highest BCUT2D eigenvalue weighted by atomic mass is 32.2. The zero-order valence-corrected chi connectivity index (χ0v) is 16.2. The van der Waals surface area contributed by atoms with Crippen molar-refractivity contribution in [3.8, 4) is 5.75 Å². The van der Waals surface area contributed by atoms with Crippen LogP contribution in [0.15, 0.2) is 18.2 Å². The molecule has 138 valence electrons. The monoisotopic (exact) mass is 361 g/mol. The first-order valence-electron chi connectivity index (χ1n) is 9.94. The van der Waals surface area contributed by atoms with Crippen LogP contribution in [0.25, 0.3) is 0 Å². The highest BCUT2D eigenvalue weighted by Gasteiger charge is 2.20. The van der Waals surface area contributed by atoms with Crippen molar-refractivity contribution in [3.05, 3.63) is 29.3 Å². The van der Waals surface area contributed by atoms with Gasteiger partial charge in [0.1, 0.15) is 5.75 Å². The van der Waals surface area contributed by atoms with Crippen LogP contribution in [-0.4, -0.2) is 29.6 Å². The normalized spacial score (nSPS) is 18.6. The predicted octanol–water partition coefficient (Wildman–Crippen LogP) is 4.51. The van der Waals surface area contributed by atoms with Crippen molar-refractivity contribution in [2.75, 3.05) is 12.3 Å². The molecule has 25 heavy (non-hydrogen) atoms. The van der Waals surface area contributed by atoms with Crippen LogP contribution in [0.5, 0.6) is 5.75 Å². The van der Waals surface area contributed by atoms with Crippen LogP contribution < -0.4 is 10.1 Å². The Balaban J connectivity index is 1.45. The maximum Gasteiger partial charge on any atom is 0.261 e. The molecular formula is C21H31NO2S. The Labute approximate surface area is 156 Å². The molecule has 0 heterocycles. The fourth-order valence-corrected chi connectivity index (χ4v) is 5.06. The molecule has 1 aromatic carbocycles. The van der Waals surface area contributed by atoms with Crippen molar-refractivity contribution >= 4 is 17.7 Å². The number of rotatable bonds is 8. The predicted molar refractivity (Wildman–Crippen MR) is 106 cm³/mol. The second-order valence-electron chi connectivity index (χ2n) is 7.22. The number of carbonyl (C=O) groups is 1. The lowest BCUT2D eigenvalue weighted by Gasteiger charge is -2.20. The molecule has 1 amide bonds. The molecule has 3 rings (SSSR count). The Morgan fingerprint density at radius 2 is 1.96 bits per heavy atom. The number of aryl methyl sites for hydroxylation is 2. The third-order valence-corrected chi connectivity index (χ3v) is 6.70. The van der Waals surface area contributed by atoms with Crippen LogP contribution in [0.1, 0.15) is 63.0 Å². The van der Waals surface area contributed by atoms with E-state index >= 15 is 0 Å². The van der Waals surface area contributed by atoms with Gasteiger partial charge < -0.3 is 10.1 Å². The Morgan fingerprint density at radius 3 is 2.72 bits per heavy atom. The van der Waals surface area contributed by atoms with Crippen molar-refractivity contribution in [2.24, 2.45) is 0 Å². The summed E-state index contributed by atoms with van der Waals surface area (Å²) in [5, 5.41) is 3.87. The number of fused-ring (bicyclic) bond motifs is 1. The number of benzene rings is 1. The zero-order valence-electron chi connectivity index (χ0n) is 15.4. The molecule has 1 saturated carbocycles. The van der Waals surface area contributed by atoms with Gasteiger partial charge in [0.05, 0.1) is 0 Å². The molecule has 1 fully saturated rings. The first-order chi connectivity index (χ1) is 12.3. The molecule has 3 nitrogen and oxygen atoms in total. The van der Waals surface area contributed by atoms with Gasteiger partial charge in [0.15, 0.2) is 6.10 Å². The molecule has 0 spiro atoms. The van der Waals surface area contributed by atoms with Crippen LogP contribution >= 0.6 is 11.8 Å². The van der Waals surface area contributed by atoms with Gasteiger partial charge in [-0.05, 0) is 68.2 Å². The summed E-state index contributed by atoms with van der Waals surface area (Å²) in [7, 11) is 0. The van der Waals surface area contributed by atoms with Crippen molar-refractivity contribution in [1.82, 2.24) is 5.32 Å². The Hall–Kier alpha value is -1.16. The third-order valence-electron chi connectivity index (χ3n) is 5.32. The number of thioether (sulfide) groups is 1. The van der Waals surface area contributed by atoms with Crippen molar-refractivity contribution < 1.29 is 9.53 Å². The number of nitrogens with one attached hydrogen (secondary N) is 1. The first kappa shape index (κ1) is 18.6. The van der Waals surface area contributed by atoms with Gasteiger partial charge in [-0.2, -0.15) is 11.8 Å². The summed E-state index contributed by atoms with van der Waals surface area (Å²) in [4.78, 5) is 12.4. The molecular weight excluding hydrogens is 330 g/mol. The SMILES string of the molecule is CC[C@@H](Oc1ccc2c(c1)CCCC2)C(=O)NCCSC1CCCC1. The number of carbonyl (C=O) groups excluding carboxylic acids is 1. The summed E-state index contributed by atoms with van der Waals surface area (Å²) in [6, 6.07) is 6.34. The second kappa shape index (κ2) is 9.51. The smallest absolute Gasteiger partial charge is 0.261 e. The summed E-state index contributed by atoms with van der Waals surface area (Å²) in [6.07, 6.45) is 10.6. The molecule has 1 atom stereocenters. The second-order valence-corrected chi connectivity index (χ2v) is 8.63. The minimum absolute atomic E-state index is 0.0206. The molecule has 2 aliphatic carbocycles. The lowest BCUT2D eigenvalue weighted by Crippen LogP contribution is -2.39. The van der Waals surface area contributed by atoms with Gasteiger partial charge in [-0.25, -0.2) is 0 Å². The van der Waals surface area contributed by atoms with Gasteiger partial charge in [0.25, 0.3) is 5.91 Å². The van der Waals surface area contributed by atoms with E-state index in [2.05, 4.69) is 17.4 Å². The van der Waals surface area contributed by atoms with Crippen LogP contribution in [0.2, 0.25) is 0 Å². The fourth-order valence-electron chi connectivity index (χ4n) is 3.84. The average molecular weight is 362 g/mol. The Morgan fingerprint density at radius 1 is 1.20 bits per heavy atom. The summed E-state index contributed by atoms with van der Waals surface area (Å²) in [6.45, 7) is 2.75. The highest BCUT2D eigenvalue weighted by Crippen LogP contribution is 2.29. The average Bonchev–Trinajstić information content (AvgIpc) is 3.16. The van der Waals surface area contributed by atoms with E-state index in [4.69, 9.17) is 4.74 Å². The number of ether oxygens (including phenoxy) is 1. The molecule has 2 aliphatic rings. The standard InChI is InChI=1S/C21H31NO2S/c1-2-20(21(23)22-13-14-25-19-9-5-6-10-19)24-18-12-11-16-7-3-4-8-17(16)15-18/h11-12,15,19-20H,2-10,13-14H2,1H3,(H,22,23)/t20-/m1/s1. The molecule has 0 aliphatic heterocycles. The molecule has 0 bridgehead atoms. The summed E-state index contributed by atoms with van der Waals surface area (Å²) in [5.74, 6) is 1.86. The first-order valence-corrected chi connectivity index (χ1v) is 11.0. The van der Waals surface area contributed by atoms with Crippen molar-refractivity contribution in [1.29, 1.82) is 0 Å². The lowest BCUT2D eigenvalue weighted by atomic mass is 9.92. The van der Waals surface area contributed by atoms with Gasteiger partial charge in [-0.15, -0.1) is 0 Å². The van der Waals surface area contributed by atoms with Gasteiger partial charge in [0.2, 0.25) is 0 Å². The van der Waals surface area contributed by atoms with Crippen LogP contribution in [0.3, 0.4) is 0 Å². The van der Waals surface area contributed by atoms with E-state index in [0.717, 1.165) is 29.7 Å². The summed E-state index contributed by atoms with van der Waals surface area (Å²) < 4.78 is 6.00. The minimum atomic E-state index is -0.391. The van der Waals surface area contributed by atoms with Crippen LogP contribution in [0, 0.1) is 0 Å². The van der Waals surface area contributed by atoms with Gasteiger partial charge >= 0.3 is 0 Å². The molecule has 4 heteroatoms. The van der Waals surface area contributed by atoms with Gasteiger partial charge in [-0.3, -0.25) is 4.79 Å². The maximum absolute atomic E-state index is 12.4. The van der Waals surface area contributed by atoms with E-state index in [0.29, 0.717) is 6.42 Å². The fraction of sp³-hybridized carbons (Fsp3) is 0.667. The minimum Gasteiger partial charge on any atom is -0.481 e. The number of amides is 1. The molecule has 0 saturated heterocycles. The van der Waals surface area contributed by atoms with E-state index in [1.807, 2.05) is 24.8 Å².